The Kier molecular flexibility index (Phi) is 41.5. The largest absolute Gasteiger partial charge is 0.133 e. The molecule has 17 heterocycles. The van der Waals surface area contributed by atoms with Gasteiger partial charge in [-0.1, -0.05) is 214 Å². The molecule has 768 valence electrons. The highest BCUT2D eigenvalue weighted by Crippen LogP contribution is 2.61. The van der Waals surface area contributed by atoms with E-state index in [-0.39, 0.29) is 0 Å². The zero-order valence-electron chi connectivity index (χ0n) is 89.7. The van der Waals surface area contributed by atoms with Gasteiger partial charge in [-0.2, -0.15) is 0 Å². The van der Waals surface area contributed by atoms with Crippen molar-refractivity contribution in [1.82, 2.24) is 0 Å². The standard InChI is InChI=1S/C128H160S16/c1-17-33-49-81-82(50-34-18-2)114-98-67-68-100(130-98)116-85(53-37-21-5)86(54-38-22-6)118(139-116)102-71-72-104(132-102)120-89(57-41-25-9)90(58-42-26-10)122(141-120)106-75-76-108(134-106)124-93(61-45-29-13)94(62-46-30-14)126(143-124)110-79-80-112(136-110)128-96(64-48-32-16)95(63-47-31-15)127(144-128)111-78-77-109(135-111)125-92(60-44-28-12)91(59-43-27-11)123(142-125)107-74-73-105(133-107)121-88(56-40-24-8)87(55-39-23-7)119(140-121)103-70-69-101(131-103)117-84(52-36-20-4)83(51-35-19-3)115(138-117)99-66-65-97(129-99)113(81)137-114/h65-80H,17-64H2,1-16H3. The molecule has 17 rings (SSSR count). The smallest absolute Gasteiger partial charge is 0.0484 e. The van der Waals surface area contributed by atoms with Crippen molar-refractivity contribution in [2.24, 2.45) is 0 Å². The lowest BCUT2D eigenvalue weighted by Gasteiger charge is -2.09. The number of fused-ring (bicyclic) bond motifs is 48. The number of thiophene rings is 16. The Morgan fingerprint density at radius 3 is 0.215 bits per heavy atom. The topological polar surface area (TPSA) is 0 Å². The highest BCUT2D eigenvalue weighted by atomic mass is 32.2. The summed E-state index contributed by atoms with van der Waals surface area (Å²) in [5.41, 5.74) is 26.3. The Hall–Kier alpha value is -4.80. The first-order valence-electron chi connectivity index (χ1n) is 56.8. The van der Waals surface area contributed by atoms with E-state index in [4.69, 9.17) is 0 Å². The van der Waals surface area contributed by atoms with Gasteiger partial charge in [0.1, 0.15) is 0 Å². The molecule has 0 unspecified atom stereocenters. The van der Waals surface area contributed by atoms with Gasteiger partial charge in [0.2, 0.25) is 0 Å². The summed E-state index contributed by atoms with van der Waals surface area (Å²) >= 11 is 34.2. The van der Waals surface area contributed by atoms with Gasteiger partial charge in [-0.05, 0) is 392 Å². The fraction of sp³-hybridized carbons (Fsp3) is 0.500. The molecule has 0 atom stereocenters. The van der Waals surface area contributed by atoms with E-state index in [0.717, 1.165) is 103 Å². The molecule has 32 bridgehead atoms. The molecule has 0 saturated carbocycles. The minimum absolute atomic E-state index is 1.14. The Bertz CT molecular complexity index is 5210. The Morgan fingerprint density at radius 1 is 0.0972 bits per heavy atom. The molecule has 16 aromatic rings. The third-order valence-electron chi connectivity index (χ3n) is 29.8. The first-order chi connectivity index (χ1) is 70.8. The van der Waals surface area contributed by atoms with E-state index in [2.05, 4.69) is 389 Å². The Labute approximate surface area is 932 Å². The monoisotopic (exact) mass is 2210 g/mol. The summed E-state index contributed by atoms with van der Waals surface area (Å²) in [6.07, 6.45) is 56.7. The maximum atomic E-state index is 2.58. The predicted octanol–water partition coefficient (Wildman–Crippen LogP) is 49.1. The molecule has 0 aromatic carbocycles. The molecule has 16 heteroatoms. The summed E-state index contributed by atoms with van der Waals surface area (Å²) in [4.78, 5) is 48.3. The highest BCUT2D eigenvalue weighted by Gasteiger charge is 2.35. The molecule has 1 aliphatic heterocycles. The lowest BCUT2D eigenvalue weighted by Crippen LogP contribution is -1.94. The van der Waals surface area contributed by atoms with E-state index in [1.165, 1.54) is 284 Å². The fourth-order valence-electron chi connectivity index (χ4n) is 21.7. The normalized spacial score (nSPS) is 12.1. The van der Waals surface area contributed by atoms with Gasteiger partial charge in [0.25, 0.3) is 0 Å². The average molecular weight is 2210 g/mol. The average Bonchev–Trinajstić information content (AvgIpc) is 1.59. The van der Waals surface area contributed by atoms with Crippen LogP contribution in [0, 0.1) is 0 Å². The molecular weight excluding hydrogens is 2050 g/mol. The van der Waals surface area contributed by atoms with Crippen molar-refractivity contribution in [3.8, 4) is 156 Å². The summed E-state index contributed by atoms with van der Waals surface area (Å²) in [5, 5.41) is 0. The van der Waals surface area contributed by atoms with Crippen molar-refractivity contribution < 1.29 is 0 Å². The Balaban J connectivity index is 0.859. The van der Waals surface area contributed by atoms with Crippen LogP contribution >= 0.6 is 181 Å². The van der Waals surface area contributed by atoms with Crippen LogP contribution in [0.4, 0.5) is 0 Å². The molecule has 144 heavy (non-hydrogen) atoms. The van der Waals surface area contributed by atoms with Crippen LogP contribution < -0.4 is 0 Å². The van der Waals surface area contributed by atoms with Gasteiger partial charge in [-0.15, -0.1) is 181 Å². The van der Waals surface area contributed by atoms with Crippen LogP contribution in [0.1, 0.15) is 405 Å². The minimum atomic E-state index is 1.14. The van der Waals surface area contributed by atoms with E-state index < -0.39 is 0 Å². The first kappa shape index (κ1) is 110. The lowest BCUT2D eigenvalue weighted by molar-refractivity contribution is 0.764. The lowest BCUT2D eigenvalue weighted by atomic mass is 9.97. The summed E-state index contributed by atoms with van der Waals surface area (Å²) in [7, 11) is 0. The van der Waals surface area contributed by atoms with Crippen LogP contribution in [0.3, 0.4) is 0 Å². The van der Waals surface area contributed by atoms with Crippen molar-refractivity contribution >= 4 is 181 Å². The number of hydrogen-bond donors (Lipinski definition) is 0. The summed E-state index contributed by atoms with van der Waals surface area (Å²) in [5.74, 6) is 0. The molecular formula is C128H160S16. The molecule has 0 amide bonds. The number of rotatable bonds is 48. The second-order valence-electron chi connectivity index (χ2n) is 40.7. The van der Waals surface area contributed by atoms with E-state index in [1.54, 1.807) is 167 Å². The van der Waals surface area contributed by atoms with Crippen LogP contribution in [-0.4, -0.2) is 0 Å². The maximum absolute atomic E-state index is 2.58. The summed E-state index contributed by atoms with van der Waals surface area (Å²) in [6.45, 7) is 38.6. The molecule has 0 radical (unpaired) electrons. The third kappa shape index (κ3) is 24.4. The van der Waals surface area contributed by atoms with Gasteiger partial charge in [0.15, 0.2) is 0 Å². The minimum Gasteiger partial charge on any atom is -0.133 e. The van der Waals surface area contributed by atoms with Gasteiger partial charge in [-0.25, -0.2) is 0 Å². The van der Waals surface area contributed by atoms with Crippen molar-refractivity contribution in [3.63, 3.8) is 0 Å². The predicted molar refractivity (Wildman–Crippen MR) is 671 cm³/mol. The summed E-state index contributed by atoms with van der Waals surface area (Å²) < 4.78 is 0. The van der Waals surface area contributed by atoms with Crippen molar-refractivity contribution in [3.05, 3.63) is 186 Å². The number of unbranched alkanes of at least 4 members (excludes halogenated alkanes) is 16. The van der Waals surface area contributed by atoms with Crippen LogP contribution in [0.5, 0.6) is 0 Å². The van der Waals surface area contributed by atoms with Crippen molar-refractivity contribution in [2.75, 3.05) is 0 Å². The van der Waals surface area contributed by atoms with Crippen LogP contribution in [0.2, 0.25) is 0 Å². The van der Waals surface area contributed by atoms with Gasteiger partial charge >= 0.3 is 0 Å². The number of hydrogen-bond acceptors (Lipinski definition) is 16. The molecule has 0 nitrogen and oxygen atoms in total. The molecule has 0 fully saturated rings. The quantitative estimate of drug-likeness (QED) is 0.0357. The van der Waals surface area contributed by atoms with Crippen molar-refractivity contribution in [2.45, 2.75) is 419 Å². The SMILES string of the molecule is CCCCc1c2sc(c1CCCC)-c1ccc(s1)-c1sc(c(CCCC)c1CCCC)-c1ccc(s1)-c1sc(c(CCCC)c1CCCC)-c1ccc(s1)-c1sc(c(CCCC)c1CCCC)-c1ccc(s1)-c1sc(c(CCCC)c1CCCC)-c1ccc(s1)-c1sc(c(CCCC)c1CCCC)-c1ccc(s1)-c1sc(c(CCCC)c1CCCC)-c1ccc(s1)-c1sc(c(CCCC)c1CCCC)-c1ccc-2s1. The van der Waals surface area contributed by atoms with E-state index >= 15 is 0 Å². The molecule has 0 saturated heterocycles. The van der Waals surface area contributed by atoms with Gasteiger partial charge in [-0.3, -0.25) is 0 Å². The van der Waals surface area contributed by atoms with Crippen LogP contribution in [-0.2, 0) is 103 Å². The van der Waals surface area contributed by atoms with Gasteiger partial charge in [0, 0.05) is 156 Å². The highest BCUT2D eigenvalue weighted by molar-refractivity contribution is 7.35. The molecule has 1 aliphatic rings. The maximum Gasteiger partial charge on any atom is 0.0484 e. The zero-order chi connectivity index (χ0) is 100. The zero-order valence-corrected chi connectivity index (χ0v) is 103. The van der Waals surface area contributed by atoms with Crippen LogP contribution in [0.15, 0.2) is 97.1 Å². The van der Waals surface area contributed by atoms with E-state index in [9.17, 15) is 0 Å². The summed E-state index contributed by atoms with van der Waals surface area (Å²) in [6, 6.07) is 41.2. The molecule has 0 aliphatic carbocycles. The molecule has 0 N–H and O–H groups in total. The second kappa shape index (κ2) is 54.1. The van der Waals surface area contributed by atoms with Gasteiger partial charge < -0.3 is 0 Å². The fourth-order valence-corrected chi connectivity index (χ4v) is 43.2. The van der Waals surface area contributed by atoms with E-state index in [0.29, 0.717) is 0 Å². The Morgan fingerprint density at radius 2 is 0.160 bits per heavy atom. The third-order valence-corrected chi connectivity index (χ3v) is 51.6. The first-order valence-corrected chi connectivity index (χ1v) is 69.9. The van der Waals surface area contributed by atoms with Crippen molar-refractivity contribution in [1.29, 1.82) is 0 Å². The second-order valence-corrected chi connectivity index (χ2v) is 57.5. The molecule has 0 spiro atoms. The van der Waals surface area contributed by atoms with Gasteiger partial charge in [0.05, 0.1) is 0 Å². The molecule has 16 aromatic heterocycles. The van der Waals surface area contributed by atoms with Crippen LogP contribution in [0.25, 0.3) is 156 Å². The van der Waals surface area contributed by atoms with E-state index in [1.807, 2.05) is 0 Å².